The van der Waals surface area contributed by atoms with E-state index in [4.69, 9.17) is 4.74 Å². The van der Waals surface area contributed by atoms with E-state index in [1.165, 1.54) is 51.4 Å². The first-order chi connectivity index (χ1) is 10.7. The number of hydrogen-bond donors (Lipinski definition) is 0. The molecule has 0 saturated heterocycles. The van der Waals surface area contributed by atoms with Gasteiger partial charge in [-0.3, -0.25) is 0 Å². The van der Waals surface area contributed by atoms with Gasteiger partial charge >= 0.3 is 144 Å². The Balaban J connectivity index is 2.92. The van der Waals surface area contributed by atoms with Crippen LogP contribution in [0.25, 0.3) is 0 Å². The van der Waals surface area contributed by atoms with Crippen molar-refractivity contribution < 1.29 is 4.74 Å². The molecule has 0 amide bonds. The molecule has 1 nitrogen and oxygen atoms in total. The van der Waals surface area contributed by atoms with Crippen molar-refractivity contribution in [2.24, 2.45) is 0 Å². The molecular formula is C20H40OSn. The minimum absolute atomic E-state index is 0.433. The monoisotopic (exact) mass is 416 g/mol. The molecule has 0 spiro atoms. The van der Waals surface area contributed by atoms with Gasteiger partial charge in [0, 0.05) is 0 Å². The molecule has 130 valence electrons. The van der Waals surface area contributed by atoms with Gasteiger partial charge in [-0.25, -0.2) is 0 Å². The van der Waals surface area contributed by atoms with Crippen LogP contribution in [-0.4, -0.2) is 28.6 Å². The molecule has 2 heteroatoms. The van der Waals surface area contributed by atoms with Crippen molar-refractivity contribution in [2.45, 2.75) is 109 Å². The number of hydrogen-bond acceptors (Lipinski definition) is 1. The zero-order valence-corrected chi connectivity index (χ0v) is 18.6. The van der Waals surface area contributed by atoms with Crippen molar-refractivity contribution in [3.63, 3.8) is 0 Å². The van der Waals surface area contributed by atoms with Gasteiger partial charge in [0.05, 0.1) is 0 Å². The topological polar surface area (TPSA) is 9.23 Å². The molecular weight excluding hydrogens is 375 g/mol. The van der Waals surface area contributed by atoms with E-state index in [2.05, 4.69) is 39.8 Å². The van der Waals surface area contributed by atoms with Crippen LogP contribution in [-0.2, 0) is 4.74 Å². The normalized spacial score (nSPS) is 24.7. The van der Waals surface area contributed by atoms with Crippen molar-refractivity contribution in [1.29, 1.82) is 0 Å². The van der Waals surface area contributed by atoms with E-state index in [0.717, 1.165) is 6.42 Å². The number of rotatable bonds is 10. The SMILES string of the molecule is CCC[CH2][Sn]([CH2]CCC)([CH2]CCC)[C@@H]1CC/C=C\C[C@H](C)O1. The second-order valence-corrected chi connectivity index (χ2v) is 21.3. The first-order valence-corrected chi connectivity index (χ1v) is 17.7. The zero-order valence-electron chi connectivity index (χ0n) is 15.7. The third kappa shape index (κ3) is 6.95. The van der Waals surface area contributed by atoms with E-state index in [9.17, 15) is 0 Å². The van der Waals surface area contributed by atoms with Crippen LogP contribution < -0.4 is 0 Å². The molecule has 0 aromatic heterocycles. The quantitative estimate of drug-likeness (QED) is 0.279. The molecule has 0 radical (unpaired) electrons. The summed E-state index contributed by atoms with van der Waals surface area (Å²) in [6.07, 6.45) is 17.3. The second-order valence-electron chi connectivity index (χ2n) is 7.39. The van der Waals surface area contributed by atoms with Crippen molar-refractivity contribution in [3.8, 4) is 0 Å². The molecule has 1 heterocycles. The van der Waals surface area contributed by atoms with Gasteiger partial charge in [-0.1, -0.05) is 0 Å². The first-order valence-electron chi connectivity index (χ1n) is 9.99. The van der Waals surface area contributed by atoms with E-state index in [0.29, 0.717) is 10.2 Å². The van der Waals surface area contributed by atoms with E-state index in [1.54, 1.807) is 13.3 Å². The molecule has 0 aromatic rings. The summed E-state index contributed by atoms with van der Waals surface area (Å²) < 4.78 is 12.1. The summed E-state index contributed by atoms with van der Waals surface area (Å²) in [5, 5.41) is 0. The Hall–Kier alpha value is 0.499. The summed E-state index contributed by atoms with van der Waals surface area (Å²) in [5.74, 6) is 0. The van der Waals surface area contributed by atoms with Gasteiger partial charge in [0.1, 0.15) is 0 Å². The molecule has 1 aliphatic heterocycles. The van der Waals surface area contributed by atoms with E-state index < -0.39 is 18.4 Å². The Morgan fingerprint density at radius 1 is 0.909 bits per heavy atom. The standard InChI is InChI=1S/C8H13O.3C4H9.Sn/c1-8-6-4-2-3-5-7-9-8;3*1-3-4-2;/h2,4,7-8H,3,5-6H2,1H3;3*1,3-4H2,2H3;/b4-2-;;;;/t8-;;;;/m0..../s1. The van der Waals surface area contributed by atoms with Gasteiger partial charge in [0.2, 0.25) is 0 Å². The maximum atomic E-state index is 6.69. The molecule has 0 fully saturated rings. The van der Waals surface area contributed by atoms with Crippen LogP contribution in [0, 0.1) is 0 Å². The summed E-state index contributed by atoms with van der Waals surface area (Å²) in [5.41, 5.74) is 0. The summed E-state index contributed by atoms with van der Waals surface area (Å²) >= 11 is -2.20. The first kappa shape index (κ1) is 20.5. The summed E-state index contributed by atoms with van der Waals surface area (Å²) in [7, 11) is 0. The number of ether oxygens (including phenoxy) is 1. The predicted octanol–water partition coefficient (Wildman–Crippen LogP) is 6.89. The minimum atomic E-state index is -2.20. The van der Waals surface area contributed by atoms with Crippen LogP contribution >= 0.6 is 0 Å². The number of allylic oxidation sites excluding steroid dienone is 1. The van der Waals surface area contributed by atoms with Crippen LogP contribution in [0.2, 0.25) is 13.3 Å². The molecule has 0 aromatic carbocycles. The molecule has 0 bridgehead atoms. The van der Waals surface area contributed by atoms with Crippen LogP contribution in [0.1, 0.15) is 85.5 Å². The fraction of sp³-hybridized carbons (Fsp3) is 0.900. The van der Waals surface area contributed by atoms with Gasteiger partial charge in [-0.15, -0.1) is 0 Å². The molecule has 22 heavy (non-hydrogen) atoms. The van der Waals surface area contributed by atoms with Crippen molar-refractivity contribution in [1.82, 2.24) is 0 Å². The fourth-order valence-corrected chi connectivity index (χ4v) is 21.6. The van der Waals surface area contributed by atoms with Gasteiger partial charge in [-0.05, 0) is 0 Å². The second kappa shape index (κ2) is 11.9. The molecule has 0 unspecified atom stereocenters. The molecule has 0 saturated carbocycles. The van der Waals surface area contributed by atoms with Crippen LogP contribution in [0.3, 0.4) is 0 Å². The Morgan fingerprint density at radius 2 is 1.45 bits per heavy atom. The average molecular weight is 415 g/mol. The van der Waals surface area contributed by atoms with E-state index in [1.807, 2.05) is 0 Å². The third-order valence-electron chi connectivity index (χ3n) is 5.39. The summed E-state index contributed by atoms with van der Waals surface area (Å²) in [6.45, 7) is 9.38. The number of unbranched alkanes of at least 4 members (excludes halogenated alkanes) is 3. The van der Waals surface area contributed by atoms with E-state index >= 15 is 0 Å². The maximum absolute atomic E-state index is 6.69. The Morgan fingerprint density at radius 3 is 1.95 bits per heavy atom. The molecule has 1 rings (SSSR count). The van der Waals surface area contributed by atoms with Crippen molar-refractivity contribution in [3.05, 3.63) is 12.2 Å². The van der Waals surface area contributed by atoms with Gasteiger partial charge < -0.3 is 0 Å². The Kier molecular flexibility index (Phi) is 11.2. The third-order valence-corrected chi connectivity index (χ3v) is 22.1. The van der Waals surface area contributed by atoms with E-state index in [-0.39, 0.29) is 0 Å². The fourth-order valence-electron chi connectivity index (χ4n) is 3.95. The summed E-state index contributed by atoms with van der Waals surface area (Å²) in [4.78, 5) is 0. The van der Waals surface area contributed by atoms with Crippen molar-refractivity contribution in [2.75, 3.05) is 0 Å². The molecule has 2 atom stereocenters. The molecule has 0 aliphatic carbocycles. The predicted molar refractivity (Wildman–Crippen MR) is 102 cm³/mol. The van der Waals surface area contributed by atoms with Crippen LogP contribution in [0.4, 0.5) is 0 Å². The van der Waals surface area contributed by atoms with Gasteiger partial charge in [0.25, 0.3) is 0 Å². The average Bonchev–Trinajstić information content (AvgIpc) is 2.50. The van der Waals surface area contributed by atoms with Gasteiger partial charge in [-0.2, -0.15) is 0 Å². The van der Waals surface area contributed by atoms with Gasteiger partial charge in [0.15, 0.2) is 0 Å². The molecule has 0 N–H and O–H groups in total. The van der Waals surface area contributed by atoms with Crippen molar-refractivity contribution >= 4 is 18.4 Å². The Bertz CT molecular complexity index is 278. The molecule has 1 aliphatic rings. The van der Waals surface area contributed by atoms with Crippen LogP contribution in [0.5, 0.6) is 0 Å². The Labute approximate surface area is 144 Å². The summed E-state index contributed by atoms with van der Waals surface area (Å²) in [6, 6.07) is 0. The zero-order chi connectivity index (χ0) is 16.3. The van der Waals surface area contributed by atoms with Crippen LogP contribution in [0.15, 0.2) is 12.2 Å².